The monoisotopic (exact) mass is 523 g/mol. The van der Waals surface area contributed by atoms with Crippen molar-refractivity contribution in [2.45, 2.75) is 45.8 Å². The molecule has 28 heavy (non-hydrogen) atoms. The summed E-state index contributed by atoms with van der Waals surface area (Å²) in [5.74, 6) is 0.412. The summed E-state index contributed by atoms with van der Waals surface area (Å²) >= 11 is 3.88. The zero-order valence-electron chi connectivity index (χ0n) is 16.6. The zero-order valence-corrected chi connectivity index (χ0v) is 22.3. The second-order valence-corrected chi connectivity index (χ2v) is 10.0. The van der Waals surface area contributed by atoms with Gasteiger partial charge in [0.1, 0.15) is 0 Å². The van der Waals surface area contributed by atoms with Crippen LogP contribution >= 0.6 is 47.9 Å². The average Bonchev–Trinajstić information content (AvgIpc) is 3.23. The molecule has 2 aromatic rings. The molecule has 1 aliphatic heterocycles. The first-order chi connectivity index (χ1) is 12.0. The molecule has 0 fully saturated rings. The molecule has 0 N–H and O–H groups in total. The topological polar surface area (TPSA) is 0 Å². The molecule has 5 rings (SSSR count). The molecule has 0 saturated heterocycles. The normalized spacial score (nSPS) is 21.0. The van der Waals surface area contributed by atoms with E-state index in [1.54, 1.807) is 5.57 Å². The van der Waals surface area contributed by atoms with Crippen LogP contribution in [-0.4, -0.2) is 5.25 Å². The van der Waals surface area contributed by atoms with Crippen molar-refractivity contribution in [3.05, 3.63) is 71.1 Å². The molecular weight excluding hydrogens is 503 g/mol. The predicted octanol–water partition coefficient (Wildman–Crippen LogP) is 5.93. The number of halogens is 2. The van der Waals surface area contributed by atoms with Crippen molar-refractivity contribution in [2.24, 2.45) is 0 Å². The van der Waals surface area contributed by atoms with E-state index in [1.165, 1.54) is 52.9 Å². The van der Waals surface area contributed by atoms with Gasteiger partial charge in [0, 0.05) is 32.1 Å². The molecule has 0 radical (unpaired) electrons. The Morgan fingerprint density at radius 1 is 0.929 bits per heavy atom. The predicted molar refractivity (Wildman–Crippen MR) is 126 cm³/mol. The first-order valence-electron chi connectivity index (χ1n) is 8.86. The number of rotatable bonds is 1. The van der Waals surface area contributed by atoms with Gasteiger partial charge in [0.2, 0.25) is 0 Å². The smallest absolute Gasteiger partial charge is 0.0303 e. The van der Waals surface area contributed by atoms with Crippen LogP contribution in [0.15, 0.2) is 34.3 Å². The number of benzene rings is 1. The molecule has 1 aromatic carbocycles. The van der Waals surface area contributed by atoms with Gasteiger partial charge in [-0.3, -0.25) is 0 Å². The molecular formula is C23H23Cl2S2Zr-. The summed E-state index contributed by atoms with van der Waals surface area (Å²) in [6, 6.07) is 6.93. The van der Waals surface area contributed by atoms with Gasteiger partial charge < -0.3 is 0 Å². The summed E-state index contributed by atoms with van der Waals surface area (Å²) in [6.07, 6.45) is 6.17. The van der Waals surface area contributed by atoms with Crippen molar-refractivity contribution in [1.82, 2.24) is 0 Å². The first-order valence-corrected chi connectivity index (χ1v) is 10.6. The van der Waals surface area contributed by atoms with Gasteiger partial charge in [0.15, 0.2) is 0 Å². The summed E-state index contributed by atoms with van der Waals surface area (Å²) in [5, 5.41) is 1.84. The molecule has 2 atom stereocenters. The van der Waals surface area contributed by atoms with Crippen molar-refractivity contribution in [3.63, 3.8) is 0 Å². The maximum Gasteiger partial charge on any atom is 0.0303 e. The number of allylic oxidation sites excluding steroid dienone is 3. The molecule has 146 valence electrons. The standard InChI is InChI=1S/C23H21S2.2ClH.Zr/c1-11-6-7-12(2)20-16(11)8-13(3)21(20)22-15(5)25-19-10-18-17(23(19)22)9-14(4)24-18;;;/h6-9,19,21H,1-5H3;2*1H;/q-1;;;. The van der Waals surface area contributed by atoms with Crippen molar-refractivity contribution in [1.29, 1.82) is 0 Å². The van der Waals surface area contributed by atoms with E-state index in [0.717, 1.165) is 0 Å². The number of aryl methyl sites for hydroxylation is 3. The summed E-state index contributed by atoms with van der Waals surface area (Å²) < 4.78 is 1.36. The van der Waals surface area contributed by atoms with Crippen LogP contribution in [0.4, 0.5) is 0 Å². The number of thioether (sulfide) groups is 1. The second-order valence-electron chi connectivity index (χ2n) is 7.47. The average molecular weight is 526 g/mol. The van der Waals surface area contributed by atoms with Crippen molar-refractivity contribution >= 4 is 65.6 Å². The maximum absolute atomic E-state index is 3.75. The molecule has 3 aliphatic rings. The molecule has 0 saturated carbocycles. The van der Waals surface area contributed by atoms with E-state index in [9.17, 15) is 0 Å². The molecule has 1 aromatic heterocycles. The zero-order chi connectivity index (χ0) is 17.5. The molecule has 0 spiro atoms. The Hall–Kier alpha value is -0.0469. The summed E-state index contributed by atoms with van der Waals surface area (Å²) in [5.41, 5.74) is 10.4. The number of hydrogen-bond acceptors (Lipinski definition) is 2. The fraction of sp³-hybridized carbons (Fsp3) is 0.304. The van der Waals surface area contributed by atoms with Gasteiger partial charge in [-0.25, -0.2) is 6.08 Å². The van der Waals surface area contributed by atoms with Crippen LogP contribution < -0.4 is 9.75 Å². The number of fused-ring (bicyclic) bond motifs is 3. The third-order valence-electron chi connectivity index (χ3n) is 5.76. The van der Waals surface area contributed by atoms with E-state index in [1.807, 2.05) is 23.1 Å². The van der Waals surface area contributed by atoms with Gasteiger partial charge in [-0.05, 0) is 77.5 Å². The van der Waals surface area contributed by atoms with Crippen LogP contribution in [0.2, 0.25) is 0 Å². The molecule has 0 amide bonds. The fourth-order valence-corrected chi connectivity index (χ4v) is 6.94. The van der Waals surface area contributed by atoms with Crippen LogP contribution in [0.3, 0.4) is 0 Å². The molecule has 0 nitrogen and oxygen atoms in total. The van der Waals surface area contributed by atoms with Gasteiger partial charge in [-0.1, -0.05) is 23.8 Å². The van der Waals surface area contributed by atoms with Crippen molar-refractivity contribution in [3.8, 4) is 0 Å². The van der Waals surface area contributed by atoms with Crippen LogP contribution in [0.5, 0.6) is 0 Å². The SMILES string of the molecule is CC1=Cc2c(C)ccc(C)c2C1C1=C(C)SC2[C-]=c3sc(C)cc3=C12.Cl.Cl.[Zr]. The minimum atomic E-state index is 0. The van der Waals surface area contributed by atoms with E-state index in [2.05, 4.69) is 65.0 Å². The van der Waals surface area contributed by atoms with E-state index in [0.29, 0.717) is 11.2 Å². The minimum Gasteiger partial charge on any atom is -0.240 e. The summed E-state index contributed by atoms with van der Waals surface area (Å²) in [4.78, 5) is 2.87. The molecule has 5 heteroatoms. The Labute approximate surface area is 207 Å². The Morgan fingerprint density at radius 2 is 1.61 bits per heavy atom. The third kappa shape index (κ3) is 3.40. The largest absolute Gasteiger partial charge is 0.240 e. The van der Waals surface area contributed by atoms with Gasteiger partial charge in [-0.2, -0.15) is 16.6 Å². The third-order valence-corrected chi connectivity index (χ3v) is 7.91. The molecule has 2 aliphatic carbocycles. The Kier molecular flexibility index (Phi) is 7.44. The van der Waals surface area contributed by atoms with Crippen LogP contribution in [0, 0.1) is 20.8 Å². The second kappa shape index (κ2) is 8.60. The van der Waals surface area contributed by atoms with E-state index < -0.39 is 0 Å². The fourth-order valence-electron chi connectivity index (χ4n) is 4.66. The molecule has 2 heterocycles. The Morgan fingerprint density at radius 3 is 2.32 bits per heavy atom. The van der Waals surface area contributed by atoms with Crippen LogP contribution in [0.1, 0.15) is 46.9 Å². The van der Waals surface area contributed by atoms with Crippen LogP contribution in [-0.2, 0) is 26.2 Å². The van der Waals surface area contributed by atoms with E-state index in [4.69, 9.17) is 0 Å². The summed E-state index contributed by atoms with van der Waals surface area (Å²) in [6.45, 7) is 11.3. The van der Waals surface area contributed by atoms with Crippen LogP contribution in [0.25, 0.3) is 17.7 Å². The molecule has 2 unspecified atom stereocenters. The number of thiophene rings is 1. The first kappa shape index (κ1) is 24.2. The molecule has 0 bridgehead atoms. The summed E-state index contributed by atoms with van der Waals surface area (Å²) in [7, 11) is 0. The van der Waals surface area contributed by atoms with Gasteiger partial charge in [0.05, 0.1) is 0 Å². The van der Waals surface area contributed by atoms with Crippen molar-refractivity contribution < 1.29 is 26.2 Å². The maximum atomic E-state index is 3.75. The van der Waals surface area contributed by atoms with E-state index in [-0.39, 0.29) is 51.0 Å². The van der Waals surface area contributed by atoms with Gasteiger partial charge in [-0.15, -0.1) is 52.7 Å². The van der Waals surface area contributed by atoms with E-state index >= 15 is 0 Å². The van der Waals surface area contributed by atoms with Gasteiger partial charge in [0.25, 0.3) is 0 Å². The minimum absolute atomic E-state index is 0. The number of hydrogen-bond donors (Lipinski definition) is 0. The van der Waals surface area contributed by atoms with Crippen molar-refractivity contribution in [2.75, 3.05) is 0 Å². The Balaban J connectivity index is 0.000000934. The Bertz CT molecular complexity index is 1140. The van der Waals surface area contributed by atoms with Gasteiger partial charge >= 0.3 is 0 Å². The quantitative estimate of drug-likeness (QED) is 0.416.